The Morgan fingerprint density at radius 1 is 1.32 bits per heavy atom. The largest absolute Gasteiger partial charge is 0.493 e. The Morgan fingerprint density at radius 3 is 2.53 bits per heavy atom. The third-order valence-electron chi connectivity index (χ3n) is 3.12. The van der Waals surface area contributed by atoms with Gasteiger partial charge in [-0.2, -0.15) is 10.4 Å². The van der Waals surface area contributed by atoms with Gasteiger partial charge in [-0.25, -0.2) is 0 Å². The first-order valence-corrected chi connectivity index (χ1v) is 6.23. The van der Waals surface area contributed by atoms with Crippen molar-refractivity contribution in [1.82, 2.24) is 9.78 Å². The first-order chi connectivity index (χ1) is 9.11. The number of nitriles is 1. The molecule has 0 spiro atoms. The first-order valence-electron chi connectivity index (χ1n) is 6.23. The molecule has 0 fully saturated rings. The summed E-state index contributed by atoms with van der Waals surface area (Å²) < 4.78 is 7.69. The number of hydrogen-bond donors (Lipinski definition) is 0. The van der Waals surface area contributed by atoms with E-state index in [1.807, 2.05) is 43.8 Å². The summed E-state index contributed by atoms with van der Waals surface area (Å²) in [7, 11) is 1.92. The minimum absolute atomic E-state index is 0.604. The zero-order valence-electron chi connectivity index (χ0n) is 11.5. The lowest BCUT2D eigenvalue weighted by Gasteiger charge is -2.12. The molecule has 1 aromatic heterocycles. The van der Waals surface area contributed by atoms with Gasteiger partial charge < -0.3 is 4.74 Å². The van der Waals surface area contributed by atoms with Gasteiger partial charge in [-0.3, -0.25) is 4.68 Å². The van der Waals surface area contributed by atoms with E-state index < -0.39 is 0 Å². The third kappa shape index (κ3) is 2.94. The highest BCUT2D eigenvalue weighted by atomic mass is 16.5. The van der Waals surface area contributed by atoms with Crippen LogP contribution in [0.2, 0.25) is 0 Å². The molecule has 1 aromatic carbocycles. The van der Waals surface area contributed by atoms with Crippen LogP contribution in [0.1, 0.15) is 22.4 Å². The van der Waals surface area contributed by atoms with Crippen LogP contribution in [0, 0.1) is 25.2 Å². The molecule has 0 N–H and O–H groups in total. The topological polar surface area (TPSA) is 50.8 Å². The van der Waals surface area contributed by atoms with Crippen LogP contribution in [0.3, 0.4) is 0 Å². The maximum Gasteiger partial charge on any atom is 0.125 e. The second kappa shape index (κ2) is 5.57. The highest BCUT2D eigenvalue weighted by Gasteiger charge is 2.07. The van der Waals surface area contributed by atoms with Crippen molar-refractivity contribution in [1.29, 1.82) is 5.26 Å². The maximum absolute atomic E-state index is 8.91. The Morgan fingerprint density at radius 2 is 2.00 bits per heavy atom. The van der Waals surface area contributed by atoms with Crippen molar-refractivity contribution in [3.05, 3.63) is 46.8 Å². The zero-order valence-corrected chi connectivity index (χ0v) is 11.5. The molecule has 0 aliphatic heterocycles. The van der Waals surface area contributed by atoms with E-state index in [9.17, 15) is 0 Å². The van der Waals surface area contributed by atoms with Crippen LogP contribution < -0.4 is 4.74 Å². The lowest BCUT2D eigenvalue weighted by molar-refractivity contribution is 0.314. The van der Waals surface area contributed by atoms with Crippen LogP contribution in [-0.2, 0) is 13.5 Å². The van der Waals surface area contributed by atoms with Gasteiger partial charge in [0.25, 0.3) is 0 Å². The molecule has 1 heterocycles. The van der Waals surface area contributed by atoms with E-state index in [1.54, 1.807) is 6.20 Å². The fraction of sp³-hybridized carbons (Fsp3) is 0.333. The molecule has 0 saturated carbocycles. The van der Waals surface area contributed by atoms with Gasteiger partial charge in [0, 0.05) is 25.4 Å². The number of aryl methyl sites for hydroxylation is 3. The van der Waals surface area contributed by atoms with Crippen molar-refractivity contribution in [3.8, 4) is 11.8 Å². The summed E-state index contributed by atoms with van der Waals surface area (Å²) in [6, 6.07) is 7.85. The Bertz CT molecular complexity index is 600. The van der Waals surface area contributed by atoms with Crippen LogP contribution in [0.4, 0.5) is 0 Å². The molecule has 2 rings (SSSR count). The molecule has 0 radical (unpaired) electrons. The molecule has 98 valence electrons. The summed E-state index contributed by atoms with van der Waals surface area (Å²) in [6.07, 6.45) is 2.60. The van der Waals surface area contributed by atoms with E-state index in [0.29, 0.717) is 12.2 Å². The number of aromatic nitrogens is 2. The molecule has 4 nitrogen and oxygen atoms in total. The minimum Gasteiger partial charge on any atom is -0.493 e. The van der Waals surface area contributed by atoms with E-state index in [4.69, 9.17) is 10.00 Å². The fourth-order valence-electron chi connectivity index (χ4n) is 2.15. The van der Waals surface area contributed by atoms with Crippen molar-refractivity contribution in [2.24, 2.45) is 7.05 Å². The summed E-state index contributed by atoms with van der Waals surface area (Å²) in [4.78, 5) is 0. The molecule has 2 aromatic rings. The van der Waals surface area contributed by atoms with Gasteiger partial charge in [-0.1, -0.05) is 0 Å². The molecule has 0 unspecified atom stereocenters. The average Bonchev–Trinajstić information content (AvgIpc) is 2.78. The number of ether oxygens (including phenoxy) is 1. The van der Waals surface area contributed by atoms with E-state index in [1.165, 1.54) is 0 Å². The van der Waals surface area contributed by atoms with Gasteiger partial charge in [0.2, 0.25) is 0 Å². The van der Waals surface area contributed by atoms with Gasteiger partial charge in [-0.05, 0) is 43.2 Å². The van der Waals surface area contributed by atoms with Crippen LogP contribution in [0.15, 0.2) is 24.4 Å². The van der Waals surface area contributed by atoms with E-state index in [2.05, 4.69) is 11.2 Å². The third-order valence-corrected chi connectivity index (χ3v) is 3.12. The number of rotatable bonds is 4. The highest BCUT2D eigenvalue weighted by molar-refractivity contribution is 5.47. The molecule has 0 atom stereocenters. The van der Waals surface area contributed by atoms with Crippen LogP contribution >= 0.6 is 0 Å². The standard InChI is InChI=1S/C15H17N3O/c1-11-8-13(10-16)9-12(2)15(11)19-7-5-14-4-6-17-18(14)3/h4,6,8-9H,5,7H2,1-3H3. The first kappa shape index (κ1) is 13.2. The Kier molecular flexibility index (Phi) is 3.86. The predicted molar refractivity (Wildman–Crippen MR) is 73.0 cm³/mol. The monoisotopic (exact) mass is 255 g/mol. The fourth-order valence-corrected chi connectivity index (χ4v) is 2.15. The zero-order chi connectivity index (χ0) is 13.8. The second-order valence-electron chi connectivity index (χ2n) is 4.60. The molecule has 0 aliphatic carbocycles. The van der Waals surface area contributed by atoms with Crippen molar-refractivity contribution in [2.45, 2.75) is 20.3 Å². The molecule has 0 amide bonds. The van der Waals surface area contributed by atoms with Crippen molar-refractivity contribution in [3.63, 3.8) is 0 Å². The second-order valence-corrected chi connectivity index (χ2v) is 4.60. The van der Waals surface area contributed by atoms with E-state index in [0.717, 1.165) is 29.0 Å². The van der Waals surface area contributed by atoms with Gasteiger partial charge in [0.15, 0.2) is 0 Å². The summed E-state index contributed by atoms with van der Waals surface area (Å²) in [5.41, 5.74) is 3.82. The molecular weight excluding hydrogens is 238 g/mol. The summed E-state index contributed by atoms with van der Waals surface area (Å²) in [5.74, 6) is 0.876. The Balaban J connectivity index is 2.04. The van der Waals surface area contributed by atoms with Crippen LogP contribution in [0.25, 0.3) is 0 Å². The van der Waals surface area contributed by atoms with Gasteiger partial charge in [0.05, 0.1) is 18.2 Å². The number of hydrogen-bond acceptors (Lipinski definition) is 3. The van der Waals surface area contributed by atoms with Crippen molar-refractivity contribution in [2.75, 3.05) is 6.61 Å². The van der Waals surface area contributed by atoms with Crippen LogP contribution in [0.5, 0.6) is 5.75 Å². The number of nitrogens with zero attached hydrogens (tertiary/aromatic N) is 3. The maximum atomic E-state index is 8.91. The summed E-state index contributed by atoms with van der Waals surface area (Å²) in [6.45, 7) is 4.54. The molecule has 0 saturated heterocycles. The van der Waals surface area contributed by atoms with E-state index >= 15 is 0 Å². The van der Waals surface area contributed by atoms with Crippen molar-refractivity contribution >= 4 is 0 Å². The normalized spacial score (nSPS) is 10.2. The molecule has 0 aliphatic rings. The van der Waals surface area contributed by atoms with E-state index in [-0.39, 0.29) is 0 Å². The number of benzene rings is 1. The van der Waals surface area contributed by atoms with Gasteiger partial charge in [-0.15, -0.1) is 0 Å². The average molecular weight is 255 g/mol. The quantitative estimate of drug-likeness (QED) is 0.843. The smallest absolute Gasteiger partial charge is 0.125 e. The lowest BCUT2D eigenvalue weighted by atomic mass is 10.1. The minimum atomic E-state index is 0.604. The molecular formula is C15H17N3O. The summed E-state index contributed by atoms with van der Waals surface area (Å²) >= 11 is 0. The molecule has 4 heteroatoms. The van der Waals surface area contributed by atoms with Crippen molar-refractivity contribution < 1.29 is 4.74 Å². The highest BCUT2D eigenvalue weighted by Crippen LogP contribution is 2.24. The Hall–Kier alpha value is -2.28. The Labute approximate surface area is 113 Å². The summed E-state index contributed by atoms with van der Waals surface area (Å²) in [5, 5.41) is 13.0. The molecule has 19 heavy (non-hydrogen) atoms. The lowest BCUT2D eigenvalue weighted by Crippen LogP contribution is -2.07. The van der Waals surface area contributed by atoms with Crippen LogP contribution in [-0.4, -0.2) is 16.4 Å². The molecule has 0 bridgehead atoms. The SMILES string of the molecule is Cc1cc(C#N)cc(C)c1OCCc1ccnn1C. The predicted octanol–water partition coefficient (Wildman–Crippen LogP) is 2.53. The van der Waals surface area contributed by atoms with Gasteiger partial charge in [0.1, 0.15) is 5.75 Å². The van der Waals surface area contributed by atoms with Gasteiger partial charge >= 0.3 is 0 Å².